The molecule has 2 aromatic rings. The minimum Gasteiger partial charge on any atom is -0.372 e. The van der Waals surface area contributed by atoms with E-state index in [2.05, 4.69) is 20.2 Å². The van der Waals surface area contributed by atoms with Gasteiger partial charge >= 0.3 is 0 Å². The molecular formula is C16H23Cl2N5O2. The van der Waals surface area contributed by atoms with E-state index in [-0.39, 0.29) is 24.4 Å². The van der Waals surface area contributed by atoms with Gasteiger partial charge in [0.2, 0.25) is 0 Å². The fraction of sp³-hybridized carbons (Fsp3) is 0.500. The van der Waals surface area contributed by atoms with Crippen LogP contribution in [-0.2, 0) is 9.53 Å². The molecule has 9 heteroatoms. The van der Waals surface area contributed by atoms with Gasteiger partial charge in [0, 0.05) is 32.4 Å². The van der Waals surface area contributed by atoms with Crippen LogP contribution in [0.3, 0.4) is 0 Å². The molecule has 25 heavy (non-hydrogen) atoms. The highest BCUT2D eigenvalue weighted by Gasteiger charge is 2.24. The van der Waals surface area contributed by atoms with Gasteiger partial charge < -0.3 is 25.7 Å². The van der Waals surface area contributed by atoms with Crippen LogP contribution in [0.1, 0.15) is 19.8 Å². The lowest BCUT2D eigenvalue weighted by molar-refractivity contribution is -0.124. The van der Waals surface area contributed by atoms with Gasteiger partial charge in [0.1, 0.15) is 11.8 Å². The number of ether oxygens (including phenoxy) is 1. The summed E-state index contributed by atoms with van der Waals surface area (Å²) in [4.78, 5) is 21.7. The Bertz CT molecular complexity index is 751. The number of halogens is 2. The van der Waals surface area contributed by atoms with Gasteiger partial charge in [0.05, 0.1) is 28.0 Å². The van der Waals surface area contributed by atoms with Gasteiger partial charge in [0.25, 0.3) is 5.91 Å². The summed E-state index contributed by atoms with van der Waals surface area (Å²) in [5, 5.41) is 4.23. The van der Waals surface area contributed by atoms with Crippen molar-refractivity contribution in [2.45, 2.75) is 31.9 Å². The fourth-order valence-corrected chi connectivity index (χ4v) is 3.28. The Morgan fingerprint density at radius 2 is 2.36 bits per heavy atom. The zero-order valence-corrected chi connectivity index (χ0v) is 15.8. The van der Waals surface area contributed by atoms with Crippen molar-refractivity contribution < 1.29 is 9.53 Å². The Morgan fingerprint density at radius 3 is 3.04 bits per heavy atom. The molecule has 1 amide bonds. The van der Waals surface area contributed by atoms with E-state index in [9.17, 15) is 4.79 Å². The number of rotatable bonds is 4. The van der Waals surface area contributed by atoms with Gasteiger partial charge in [-0.1, -0.05) is 11.6 Å². The molecular weight excluding hydrogens is 365 g/mol. The number of pyridine rings is 1. The lowest BCUT2D eigenvalue weighted by Gasteiger charge is -2.33. The Balaban J connectivity index is 0.00000225. The maximum Gasteiger partial charge on any atom is 0.253 e. The first-order chi connectivity index (χ1) is 11.5. The van der Waals surface area contributed by atoms with Gasteiger partial charge in [-0.05, 0) is 19.8 Å². The van der Waals surface area contributed by atoms with Crippen molar-refractivity contribution in [1.29, 1.82) is 0 Å². The average molecular weight is 388 g/mol. The predicted molar refractivity (Wildman–Crippen MR) is 103 cm³/mol. The smallest absolute Gasteiger partial charge is 0.253 e. The number of amides is 1. The molecule has 0 aliphatic carbocycles. The molecule has 0 bridgehead atoms. The number of fused-ring (bicyclic) bond motifs is 1. The van der Waals surface area contributed by atoms with E-state index >= 15 is 0 Å². The number of nitrogens with two attached hydrogens (primary N) is 1. The molecule has 3 rings (SSSR count). The van der Waals surface area contributed by atoms with E-state index in [1.807, 2.05) is 0 Å². The lowest BCUT2D eigenvalue weighted by Crippen LogP contribution is -2.43. The van der Waals surface area contributed by atoms with Crippen molar-refractivity contribution >= 4 is 52.3 Å². The van der Waals surface area contributed by atoms with Crippen LogP contribution < -0.4 is 16.0 Å². The largest absolute Gasteiger partial charge is 0.372 e. The van der Waals surface area contributed by atoms with Crippen molar-refractivity contribution in [3.05, 3.63) is 17.4 Å². The quantitative estimate of drug-likeness (QED) is 0.748. The van der Waals surface area contributed by atoms with Crippen LogP contribution >= 0.6 is 24.0 Å². The zero-order chi connectivity index (χ0) is 17.3. The second kappa shape index (κ2) is 8.23. The third-order valence-corrected chi connectivity index (χ3v) is 4.66. The second-order valence-electron chi connectivity index (χ2n) is 6.10. The summed E-state index contributed by atoms with van der Waals surface area (Å²) in [6.45, 7) is 3.30. The van der Waals surface area contributed by atoms with Gasteiger partial charge in [-0.15, -0.1) is 12.4 Å². The van der Waals surface area contributed by atoms with Crippen molar-refractivity contribution in [3.63, 3.8) is 0 Å². The van der Waals surface area contributed by atoms with E-state index in [0.29, 0.717) is 16.4 Å². The second-order valence-corrected chi connectivity index (χ2v) is 6.50. The topological polar surface area (TPSA) is 96.3 Å². The first-order valence-electron chi connectivity index (χ1n) is 8.01. The number of nitrogens with zero attached hydrogens (tertiary/aromatic N) is 2. The van der Waals surface area contributed by atoms with E-state index in [1.54, 1.807) is 19.3 Å². The first kappa shape index (κ1) is 19.8. The highest BCUT2D eigenvalue weighted by Crippen LogP contribution is 2.38. The van der Waals surface area contributed by atoms with Gasteiger partial charge in [0.15, 0.2) is 0 Å². The Hall–Kier alpha value is -1.54. The number of carbonyl (C=O) groups excluding carboxylic acids is 1. The molecule has 3 heterocycles. The lowest BCUT2D eigenvalue weighted by atomic mass is 10.1. The van der Waals surface area contributed by atoms with Crippen molar-refractivity contribution in [1.82, 2.24) is 9.97 Å². The number of hydrogen-bond donors (Lipinski definition) is 3. The standard InChI is InChI=1S/C16H22ClN5O2.ClH/c1-9(24-2)16(23)21-12-7-20-15-13(12)14(11(17)6-19-15)22-5-3-4-10(18)8-22;/h6-7,9-10H,3-5,8,18H2,1-2H3,(H,19,20)(H,21,23);1H. The molecule has 7 nitrogen and oxygen atoms in total. The Labute approximate surface area is 157 Å². The van der Waals surface area contributed by atoms with Crippen molar-refractivity contribution in [3.8, 4) is 0 Å². The van der Waals surface area contributed by atoms with Crippen LogP contribution in [-0.4, -0.2) is 48.2 Å². The minimum atomic E-state index is -0.547. The van der Waals surface area contributed by atoms with Crippen molar-refractivity contribution in [2.24, 2.45) is 5.73 Å². The maximum absolute atomic E-state index is 12.2. The van der Waals surface area contributed by atoms with Gasteiger partial charge in [-0.3, -0.25) is 4.79 Å². The van der Waals surface area contributed by atoms with Crippen LogP contribution in [0, 0.1) is 0 Å². The molecule has 2 atom stereocenters. The summed E-state index contributed by atoms with van der Waals surface area (Å²) in [6, 6.07) is 0.114. The molecule has 1 aliphatic heterocycles. The highest BCUT2D eigenvalue weighted by molar-refractivity contribution is 6.35. The third-order valence-electron chi connectivity index (χ3n) is 4.38. The summed E-state index contributed by atoms with van der Waals surface area (Å²) >= 11 is 6.44. The van der Waals surface area contributed by atoms with E-state index in [4.69, 9.17) is 22.1 Å². The SMILES string of the molecule is COC(C)C(=O)Nc1c[nH]c2ncc(Cl)c(N3CCCC(N)C3)c12.Cl. The normalized spacial score (nSPS) is 18.7. The number of hydrogen-bond acceptors (Lipinski definition) is 5. The molecule has 0 radical (unpaired) electrons. The zero-order valence-electron chi connectivity index (χ0n) is 14.2. The fourth-order valence-electron chi connectivity index (χ4n) is 3.02. The number of H-pyrrole nitrogens is 1. The minimum absolute atomic E-state index is 0. The summed E-state index contributed by atoms with van der Waals surface area (Å²) in [5.41, 5.74) is 8.29. The number of aromatic amines is 1. The average Bonchev–Trinajstić information content (AvgIpc) is 2.96. The molecule has 0 aromatic carbocycles. The predicted octanol–water partition coefficient (Wildman–Crippen LogP) is 2.54. The van der Waals surface area contributed by atoms with E-state index in [0.717, 1.165) is 37.0 Å². The van der Waals surface area contributed by atoms with Crippen LogP contribution in [0.2, 0.25) is 5.02 Å². The molecule has 2 unspecified atom stereocenters. The molecule has 4 N–H and O–H groups in total. The third kappa shape index (κ3) is 4.00. The number of methoxy groups -OCH3 is 1. The van der Waals surface area contributed by atoms with Gasteiger partial charge in [-0.2, -0.15) is 0 Å². The molecule has 1 fully saturated rings. The number of nitrogens with one attached hydrogen (secondary N) is 2. The first-order valence-corrected chi connectivity index (χ1v) is 8.38. The molecule has 0 saturated carbocycles. The summed E-state index contributed by atoms with van der Waals surface area (Å²) in [5.74, 6) is -0.223. The number of anilines is 2. The monoisotopic (exact) mass is 387 g/mol. The highest BCUT2D eigenvalue weighted by atomic mass is 35.5. The summed E-state index contributed by atoms with van der Waals surface area (Å²) in [6.07, 6.45) is 4.81. The molecule has 1 aliphatic rings. The van der Waals surface area contributed by atoms with Crippen LogP contribution in [0.5, 0.6) is 0 Å². The molecule has 138 valence electrons. The molecule has 1 saturated heterocycles. The maximum atomic E-state index is 12.2. The Morgan fingerprint density at radius 1 is 1.60 bits per heavy atom. The van der Waals surface area contributed by atoms with Gasteiger partial charge in [-0.25, -0.2) is 4.98 Å². The number of carbonyl (C=O) groups is 1. The molecule has 0 spiro atoms. The van der Waals surface area contributed by atoms with Crippen LogP contribution in [0.15, 0.2) is 12.4 Å². The summed E-state index contributed by atoms with van der Waals surface area (Å²) in [7, 11) is 1.50. The van der Waals surface area contributed by atoms with Crippen molar-refractivity contribution in [2.75, 3.05) is 30.4 Å². The summed E-state index contributed by atoms with van der Waals surface area (Å²) < 4.78 is 5.07. The van der Waals surface area contributed by atoms with E-state index < -0.39 is 6.10 Å². The Kier molecular flexibility index (Phi) is 6.51. The molecule has 2 aromatic heterocycles. The van der Waals surface area contributed by atoms with Crippen LogP contribution in [0.4, 0.5) is 11.4 Å². The number of aromatic nitrogens is 2. The number of piperidine rings is 1. The van der Waals surface area contributed by atoms with E-state index in [1.165, 1.54) is 7.11 Å². The van der Waals surface area contributed by atoms with Crippen LogP contribution in [0.25, 0.3) is 11.0 Å².